The Morgan fingerprint density at radius 1 is 1.03 bits per heavy atom. The Morgan fingerprint density at radius 2 is 1.79 bits per heavy atom. The molecule has 1 aromatic heterocycles. The predicted molar refractivity (Wildman–Crippen MR) is 146 cm³/mol. The van der Waals surface area contributed by atoms with Crippen LogP contribution in [0.2, 0.25) is 0 Å². The second kappa shape index (κ2) is 10.9. The van der Waals surface area contributed by atoms with E-state index < -0.39 is 0 Å². The lowest BCUT2D eigenvalue weighted by molar-refractivity contribution is -0.139. The van der Waals surface area contributed by atoms with Crippen LogP contribution in [-0.2, 0) is 17.9 Å². The van der Waals surface area contributed by atoms with E-state index in [1.807, 2.05) is 61.3 Å². The van der Waals surface area contributed by atoms with Gasteiger partial charge in [-0.15, -0.1) is 0 Å². The summed E-state index contributed by atoms with van der Waals surface area (Å²) in [6.45, 7) is 1.98. The molecule has 9 heteroatoms. The number of benzene rings is 2. The molecule has 0 N–H and O–H groups in total. The minimum absolute atomic E-state index is 0.118. The molecule has 38 heavy (non-hydrogen) atoms. The molecule has 3 aromatic rings. The molecule has 0 unspecified atom stereocenters. The largest absolute Gasteiger partial charge is 0.496 e. The van der Waals surface area contributed by atoms with Gasteiger partial charge in [-0.2, -0.15) is 0 Å². The molecule has 3 heterocycles. The van der Waals surface area contributed by atoms with Gasteiger partial charge in [-0.05, 0) is 62.3 Å². The fourth-order valence-electron chi connectivity index (χ4n) is 5.36. The first-order valence-electron chi connectivity index (χ1n) is 13.0. The first-order valence-corrected chi connectivity index (χ1v) is 13.0. The van der Waals surface area contributed by atoms with Crippen LogP contribution < -0.4 is 23.8 Å². The summed E-state index contributed by atoms with van der Waals surface area (Å²) in [6, 6.07) is 11.5. The normalized spacial score (nSPS) is 16.9. The quantitative estimate of drug-likeness (QED) is 0.440. The van der Waals surface area contributed by atoms with Gasteiger partial charge in [0.05, 0.1) is 20.3 Å². The fourth-order valence-corrected chi connectivity index (χ4v) is 5.36. The highest BCUT2D eigenvalue weighted by atomic mass is 16.7. The van der Waals surface area contributed by atoms with Crippen molar-refractivity contribution in [2.75, 3.05) is 53.6 Å². The third-order valence-electron chi connectivity index (χ3n) is 7.37. The van der Waals surface area contributed by atoms with Gasteiger partial charge in [0.2, 0.25) is 12.7 Å². The molecule has 1 fully saturated rings. The molecule has 0 saturated carbocycles. The number of ether oxygens (including phenoxy) is 4. The standard InChI is InChI=1S/C29H36N4O5/c1-31(2)28-20(15-21-23(35-4)11-12-25(36-5)27(21)30-28)17-33(29(34)22-8-6-7-13-32(22)3)16-19-9-10-24-26(14-19)38-18-37-24/h9-12,14-15,22H,6-8,13,16-18H2,1-5H3/t22-/m1/s1. The molecule has 9 nitrogen and oxygen atoms in total. The Balaban J connectivity index is 1.56. The second-order valence-electron chi connectivity index (χ2n) is 10.1. The monoisotopic (exact) mass is 520 g/mol. The van der Waals surface area contributed by atoms with Gasteiger partial charge < -0.3 is 28.7 Å². The van der Waals surface area contributed by atoms with Crippen LogP contribution in [0.5, 0.6) is 23.0 Å². The third-order valence-corrected chi connectivity index (χ3v) is 7.37. The van der Waals surface area contributed by atoms with Crippen molar-refractivity contribution in [3.8, 4) is 23.0 Å². The molecule has 0 bridgehead atoms. The van der Waals surface area contributed by atoms with Gasteiger partial charge in [-0.25, -0.2) is 4.98 Å². The zero-order valence-corrected chi connectivity index (χ0v) is 22.8. The molecule has 2 aliphatic rings. The summed E-state index contributed by atoms with van der Waals surface area (Å²) < 4.78 is 22.4. The maximum absolute atomic E-state index is 14.1. The number of likely N-dealkylation sites (tertiary alicyclic amines) is 1. The lowest BCUT2D eigenvalue weighted by Gasteiger charge is -2.36. The maximum Gasteiger partial charge on any atom is 0.240 e. The summed E-state index contributed by atoms with van der Waals surface area (Å²) in [5.74, 6) is 3.72. The summed E-state index contributed by atoms with van der Waals surface area (Å²) in [4.78, 5) is 25.1. The smallest absolute Gasteiger partial charge is 0.240 e. The molecule has 2 aliphatic heterocycles. The minimum Gasteiger partial charge on any atom is -0.496 e. The van der Waals surface area contributed by atoms with Crippen LogP contribution in [-0.4, -0.2) is 75.4 Å². The maximum atomic E-state index is 14.1. The molecule has 1 amide bonds. The number of nitrogens with zero attached hydrogens (tertiary/aromatic N) is 4. The van der Waals surface area contributed by atoms with E-state index in [1.54, 1.807) is 14.2 Å². The van der Waals surface area contributed by atoms with Crippen LogP contribution >= 0.6 is 0 Å². The average molecular weight is 521 g/mol. The number of carbonyl (C=O) groups excluding carboxylic acids is 1. The number of anilines is 1. The molecule has 5 rings (SSSR count). The van der Waals surface area contributed by atoms with Gasteiger partial charge in [0.15, 0.2) is 11.5 Å². The highest BCUT2D eigenvalue weighted by Crippen LogP contribution is 2.37. The summed E-state index contributed by atoms with van der Waals surface area (Å²) in [5, 5.41) is 0.845. The summed E-state index contributed by atoms with van der Waals surface area (Å²) in [7, 11) is 9.25. The Morgan fingerprint density at radius 3 is 2.53 bits per heavy atom. The number of piperidine rings is 1. The number of methoxy groups -OCH3 is 2. The Hall–Kier alpha value is -3.72. The van der Waals surface area contributed by atoms with Gasteiger partial charge in [0, 0.05) is 38.1 Å². The van der Waals surface area contributed by atoms with Crippen LogP contribution in [0.3, 0.4) is 0 Å². The van der Waals surface area contributed by atoms with E-state index in [1.165, 1.54) is 0 Å². The molecular formula is C29H36N4O5. The Bertz CT molecular complexity index is 1330. The van der Waals surface area contributed by atoms with E-state index in [-0.39, 0.29) is 18.7 Å². The molecule has 1 atom stereocenters. The van der Waals surface area contributed by atoms with Crippen LogP contribution in [0, 0.1) is 0 Å². The van der Waals surface area contributed by atoms with Crippen molar-refractivity contribution >= 4 is 22.6 Å². The van der Waals surface area contributed by atoms with E-state index in [4.69, 9.17) is 23.9 Å². The van der Waals surface area contributed by atoms with E-state index in [2.05, 4.69) is 11.0 Å². The van der Waals surface area contributed by atoms with Crippen LogP contribution in [0.15, 0.2) is 36.4 Å². The zero-order valence-electron chi connectivity index (χ0n) is 22.8. The molecule has 2 aromatic carbocycles. The second-order valence-corrected chi connectivity index (χ2v) is 10.1. The van der Waals surface area contributed by atoms with Crippen molar-refractivity contribution in [3.05, 3.63) is 47.5 Å². The fraction of sp³-hybridized carbons (Fsp3) is 0.448. The van der Waals surface area contributed by atoms with Gasteiger partial charge in [0.25, 0.3) is 0 Å². The van der Waals surface area contributed by atoms with E-state index in [0.717, 1.165) is 59.4 Å². The van der Waals surface area contributed by atoms with Gasteiger partial charge in [-0.1, -0.05) is 12.5 Å². The molecule has 0 radical (unpaired) electrons. The molecule has 202 valence electrons. The van der Waals surface area contributed by atoms with Crippen LogP contribution in [0.1, 0.15) is 30.4 Å². The average Bonchev–Trinajstić information content (AvgIpc) is 3.39. The highest BCUT2D eigenvalue weighted by molar-refractivity contribution is 5.92. The number of hydrogen-bond donors (Lipinski definition) is 0. The Labute approximate surface area is 223 Å². The summed E-state index contributed by atoms with van der Waals surface area (Å²) >= 11 is 0. The van der Waals surface area contributed by atoms with Crippen molar-refractivity contribution in [1.82, 2.24) is 14.8 Å². The van der Waals surface area contributed by atoms with Gasteiger partial charge in [-0.3, -0.25) is 9.69 Å². The number of pyridine rings is 1. The minimum atomic E-state index is -0.149. The first kappa shape index (κ1) is 25.9. The van der Waals surface area contributed by atoms with Gasteiger partial charge >= 0.3 is 0 Å². The number of hydrogen-bond acceptors (Lipinski definition) is 8. The number of likely N-dealkylation sites (N-methyl/N-ethyl adjacent to an activating group) is 1. The van der Waals surface area contributed by atoms with Crippen molar-refractivity contribution in [1.29, 1.82) is 0 Å². The zero-order chi connectivity index (χ0) is 26.8. The molecule has 0 aliphatic carbocycles. The van der Waals surface area contributed by atoms with Crippen molar-refractivity contribution < 1.29 is 23.7 Å². The van der Waals surface area contributed by atoms with E-state index in [0.29, 0.717) is 30.3 Å². The van der Waals surface area contributed by atoms with E-state index >= 15 is 0 Å². The summed E-state index contributed by atoms with van der Waals surface area (Å²) in [5.41, 5.74) is 2.64. The van der Waals surface area contributed by atoms with Crippen LogP contribution in [0.25, 0.3) is 10.9 Å². The Kier molecular flexibility index (Phi) is 7.46. The lowest BCUT2D eigenvalue weighted by atomic mass is 10.0. The first-order chi connectivity index (χ1) is 18.4. The molecular weight excluding hydrogens is 484 g/mol. The molecule has 0 spiro atoms. The number of rotatable bonds is 8. The highest BCUT2D eigenvalue weighted by Gasteiger charge is 2.31. The lowest BCUT2D eigenvalue weighted by Crippen LogP contribution is -2.48. The SMILES string of the molecule is COc1ccc(OC)c2nc(N(C)C)c(CN(Cc3ccc4c(c3)OCO4)C(=O)[C@H]3CCCCN3C)cc12. The van der Waals surface area contributed by atoms with Crippen molar-refractivity contribution in [2.24, 2.45) is 0 Å². The number of aromatic nitrogens is 1. The van der Waals surface area contributed by atoms with Crippen molar-refractivity contribution in [2.45, 2.75) is 38.4 Å². The topological polar surface area (TPSA) is 76.6 Å². The van der Waals surface area contributed by atoms with E-state index in [9.17, 15) is 4.79 Å². The number of fused-ring (bicyclic) bond motifs is 2. The van der Waals surface area contributed by atoms with Gasteiger partial charge in [0.1, 0.15) is 22.8 Å². The number of carbonyl (C=O) groups is 1. The van der Waals surface area contributed by atoms with Crippen molar-refractivity contribution in [3.63, 3.8) is 0 Å². The predicted octanol–water partition coefficient (Wildman–Crippen LogP) is 4.06. The van der Waals surface area contributed by atoms with Crippen LogP contribution in [0.4, 0.5) is 5.82 Å². The molecule has 1 saturated heterocycles. The third kappa shape index (κ3) is 5.03. The number of amides is 1. The summed E-state index contributed by atoms with van der Waals surface area (Å²) in [6.07, 6.45) is 3.02.